The van der Waals surface area contributed by atoms with E-state index in [0.717, 1.165) is 32.5 Å². The molecule has 2 fully saturated rings. The van der Waals surface area contributed by atoms with Crippen LogP contribution >= 0.6 is 23.2 Å². The number of benzene rings is 1. The highest BCUT2D eigenvalue weighted by molar-refractivity contribution is 6.43. The average molecular weight is 327 g/mol. The summed E-state index contributed by atoms with van der Waals surface area (Å²) in [6.07, 6.45) is 5.79. The van der Waals surface area contributed by atoms with Gasteiger partial charge in [0.15, 0.2) is 0 Å². The molecule has 0 atom stereocenters. The molecule has 114 valence electrons. The molecule has 5 heteroatoms. The number of halogens is 2. The van der Waals surface area contributed by atoms with Gasteiger partial charge in [0.05, 0.1) is 21.1 Å². The molecule has 0 aromatic heterocycles. The van der Waals surface area contributed by atoms with Crippen molar-refractivity contribution in [3.63, 3.8) is 0 Å². The van der Waals surface area contributed by atoms with Crippen molar-refractivity contribution in [1.82, 2.24) is 10.2 Å². The van der Waals surface area contributed by atoms with Crippen molar-refractivity contribution in [2.75, 3.05) is 19.6 Å². The highest BCUT2D eigenvalue weighted by Gasteiger charge is 2.42. The topological polar surface area (TPSA) is 32.3 Å². The molecule has 1 saturated carbocycles. The summed E-state index contributed by atoms with van der Waals surface area (Å²) in [5, 5.41) is 4.26. The Morgan fingerprint density at radius 2 is 1.95 bits per heavy atom. The van der Waals surface area contributed by atoms with E-state index in [1.54, 1.807) is 18.2 Å². The van der Waals surface area contributed by atoms with Crippen LogP contribution in [0.1, 0.15) is 42.5 Å². The molecule has 1 N–H and O–H groups in total. The van der Waals surface area contributed by atoms with Crippen molar-refractivity contribution < 1.29 is 4.79 Å². The monoisotopic (exact) mass is 326 g/mol. The first-order valence-corrected chi connectivity index (χ1v) is 8.36. The zero-order valence-corrected chi connectivity index (χ0v) is 13.5. The van der Waals surface area contributed by atoms with E-state index in [-0.39, 0.29) is 11.4 Å². The number of hydrogen-bond acceptors (Lipinski definition) is 2. The van der Waals surface area contributed by atoms with Crippen LogP contribution < -0.4 is 5.32 Å². The van der Waals surface area contributed by atoms with Crippen molar-refractivity contribution in [2.45, 2.75) is 37.6 Å². The Hall–Kier alpha value is -0.770. The van der Waals surface area contributed by atoms with Gasteiger partial charge in [0.25, 0.3) is 5.91 Å². The van der Waals surface area contributed by atoms with Crippen LogP contribution in [0.4, 0.5) is 0 Å². The molecule has 1 spiro atoms. The molecule has 1 saturated heterocycles. The number of hydrogen-bond donors (Lipinski definition) is 1. The van der Waals surface area contributed by atoms with E-state index in [4.69, 9.17) is 23.2 Å². The van der Waals surface area contributed by atoms with E-state index in [0.29, 0.717) is 15.6 Å². The lowest BCUT2D eigenvalue weighted by Gasteiger charge is -2.50. The van der Waals surface area contributed by atoms with E-state index in [1.807, 2.05) is 4.90 Å². The number of nitrogens with one attached hydrogen (secondary N) is 1. The van der Waals surface area contributed by atoms with Gasteiger partial charge < -0.3 is 10.2 Å². The summed E-state index contributed by atoms with van der Waals surface area (Å²) in [7, 11) is 0. The van der Waals surface area contributed by atoms with Crippen LogP contribution in [-0.4, -0.2) is 36.0 Å². The van der Waals surface area contributed by atoms with Crippen molar-refractivity contribution >= 4 is 29.1 Å². The van der Waals surface area contributed by atoms with Gasteiger partial charge in [-0.25, -0.2) is 0 Å². The Kier molecular flexibility index (Phi) is 4.43. The normalized spacial score (nSPS) is 21.5. The lowest BCUT2D eigenvalue weighted by molar-refractivity contribution is 0.0223. The minimum Gasteiger partial charge on any atom is -0.330 e. The molecule has 1 aliphatic carbocycles. The van der Waals surface area contributed by atoms with E-state index in [2.05, 4.69) is 5.32 Å². The van der Waals surface area contributed by atoms with E-state index >= 15 is 0 Å². The molecule has 3 nitrogen and oxygen atoms in total. The van der Waals surface area contributed by atoms with Gasteiger partial charge in [-0.05, 0) is 25.0 Å². The van der Waals surface area contributed by atoms with Crippen LogP contribution in [0.3, 0.4) is 0 Å². The molecule has 1 amide bonds. The van der Waals surface area contributed by atoms with Gasteiger partial charge in [0.1, 0.15) is 0 Å². The molecule has 0 unspecified atom stereocenters. The van der Waals surface area contributed by atoms with Crippen LogP contribution in [0, 0.1) is 0 Å². The standard InChI is InChI=1S/C16H20Cl2N2O/c17-13-6-4-5-12(14(13)18)15(21)20-10-9-19-11-16(20)7-2-1-3-8-16/h4-6,19H,1-3,7-11H2. The third-order valence-corrected chi connectivity index (χ3v) is 5.57. The van der Waals surface area contributed by atoms with E-state index < -0.39 is 0 Å². The third-order valence-electron chi connectivity index (χ3n) is 4.75. The highest BCUT2D eigenvalue weighted by atomic mass is 35.5. The minimum absolute atomic E-state index is 0.0194. The smallest absolute Gasteiger partial charge is 0.255 e. The Morgan fingerprint density at radius 3 is 2.71 bits per heavy atom. The first-order chi connectivity index (χ1) is 10.1. The van der Waals surface area contributed by atoms with Gasteiger partial charge >= 0.3 is 0 Å². The Morgan fingerprint density at radius 1 is 1.19 bits per heavy atom. The molecule has 1 aromatic carbocycles. The van der Waals surface area contributed by atoms with Gasteiger partial charge in [-0.2, -0.15) is 0 Å². The van der Waals surface area contributed by atoms with Crippen LogP contribution in [0.5, 0.6) is 0 Å². The second-order valence-corrected chi connectivity index (χ2v) is 6.81. The fourth-order valence-electron chi connectivity index (χ4n) is 3.63. The van der Waals surface area contributed by atoms with Gasteiger partial charge in [-0.1, -0.05) is 48.5 Å². The second-order valence-electron chi connectivity index (χ2n) is 6.02. The molecule has 2 aliphatic rings. The predicted molar refractivity (Wildman–Crippen MR) is 86.2 cm³/mol. The molecule has 1 aliphatic heterocycles. The first-order valence-electron chi connectivity index (χ1n) is 7.61. The zero-order chi connectivity index (χ0) is 14.9. The van der Waals surface area contributed by atoms with Crippen LogP contribution in [0.25, 0.3) is 0 Å². The lowest BCUT2D eigenvalue weighted by Crippen LogP contribution is -2.63. The fourth-order valence-corrected chi connectivity index (χ4v) is 4.01. The van der Waals surface area contributed by atoms with Crippen LogP contribution in [-0.2, 0) is 0 Å². The SMILES string of the molecule is O=C(c1cccc(Cl)c1Cl)N1CCNCC12CCCCC2. The number of carbonyl (C=O) groups is 1. The number of rotatable bonds is 1. The summed E-state index contributed by atoms with van der Waals surface area (Å²) < 4.78 is 0. The zero-order valence-electron chi connectivity index (χ0n) is 12.0. The van der Waals surface area contributed by atoms with E-state index in [1.165, 1.54) is 19.3 Å². The maximum Gasteiger partial charge on any atom is 0.255 e. The summed E-state index contributed by atoms with van der Waals surface area (Å²) in [4.78, 5) is 15.0. The average Bonchev–Trinajstić information content (AvgIpc) is 2.51. The summed E-state index contributed by atoms with van der Waals surface area (Å²) in [6.45, 7) is 2.46. The summed E-state index contributed by atoms with van der Waals surface area (Å²) in [5.41, 5.74) is 0.482. The number of carbonyl (C=O) groups excluding carboxylic acids is 1. The highest BCUT2D eigenvalue weighted by Crippen LogP contribution is 2.37. The van der Waals surface area contributed by atoms with Crippen molar-refractivity contribution in [3.8, 4) is 0 Å². The molecule has 0 bridgehead atoms. The van der Waals surface area contributed by atoms with Crippen molar-refractivity contribution in [2.24, 2.45) is 0 Å². The maximum absolute atomic E-state index is 13.0. The Bertz CT molecular complexity index is 533. The summed E-state index contributed by atoms with van der Waals surface area (Å²) in [6, 6.07) is 5.28. The lowest BCUT2D eigenvalue weighted by atomic mass is 9.78. The molecule has 1 aromatic rings. The Labute approximate surface area is 135 Å². The van der Waals surface area contributed by atoms with Crippen LogP contribution in [0.15, 0.2) is 18.2 Å². The summed E-state index contributed by atoms with van der Waals surface area (Å²) >= 11 is 12.3. The maximum atomic E-state index is 13.0. The van der Waals surface area contributed by atoms with Gasteiger partial charge in [-0.15, -0.1) is 0 Å². The van der Waals surface area contributed by atoms with Gasteiger partial charge in [0.2, 0.25) is 0 Å². The van der Waals surface area contributed by atoms with Crippen molar-refractivity contribution in [1.29, 1.82) is 0 Å². The fraction of sp³-hybridized carbons (Fsp3) is 0.562. The molecule has 1 heterocycles. The minimum atomic E-state index is -0.0424. The van der Waals surface area contributed by atoms with Gasteiger partial charge in [0, 0.05) is 19.6 Å². The van der Waals surface area contributed by atoms with Crippen LogP contribution in [0.2, 0.25) is 10.0 Å². The van der Waals surface area contributed by atoms with Gasteiger partial charge in [-0.3, -0.25) is 4.79 Å². The third kappa shape index (κ3) is 2.79. The summed E-state index contributed by atoms with van der Waals surface area (Å²) in [5.74, 6) is 0.0194. The molecule has 21 heavy (non-hydrogen) atoms. The van der Waals surface area contributed by atoms with E-state index in [9.17, 15) is 4.79 Å². The molecule has 0 radical (unpaired) electrons. The first kappa shape index (κ1) is 15.1. The molecular formula is C16H20Cl2N2O. The van der Waals surface area contributed by atoms with Crippen molar-refractivity contribution in [3.05, 3.63) is 33.8 Å². The Balaban J connectivity index is 1.92. The molecular weight excluding hydrogens is 307 g/mol. The number of amides is 1. The number of piperazine rings is 1. The second kappa shape index (κ2) is 6.15. The largest absolute Gasteiger partial charge is 0.330 e. The quantitative estimate of drug-likeness (QED) is 0.852. The molecule has 3 rings (SSSR count). The predicted octanol–water partition coefficient (Wildman–Crippen LogP) is 3.74. The number of nitrogens with zero attached hydrogens (tertiary/aromatic N) is 1.